The number of hydrogen-bond donors (Lipinski definition) is 0. The number of benzene rings is 2. The Morgan fingerprint density at radius 1 is 0.850 bits per heavy atom. The first-order valence-corrected chi connectivity index (χ1v) is 5.61. The molecule has 0 bridgehead atoms. The van der Waals surface area contributed by atoms with Gasteiger partial charge in [-0.3, -0.25) is 0 Å². The van der Waals surface area contributed by atoms with Gasteiger partial charge in [0.2, 0.25) is 0 Å². The Kier molecular flexibility index (Phi) is 6.61. The summed E-state index contributed by atoms with van der Waals surface area (Å²) in [4.78, 5) is 0. The topological polar surface area (TPSA) is 18.5 Å². The fraction of sp³-hybridized carbons (Fsp3) is 0.0769. The van der Waals surface area contributed by atoms with Crippen LogP contribution >= 0.6 is 0 Å². The predicted octanol–water partition coefficient (Wildman–Crippen LogP) is 0.546. The monoisotopic (exact) mass is 306 g/mol. The van der Waals surface area contributed by atoms with Gasteiger partial charge in [-0.2, -0.15) is 0 Å². The summed E-state index contributed by atoms with van der Waals surface area (Å²) in [5.41, 5.74) is -0.738. The molecule has 0 unspecified atom stereocenters. The molecule has 0 aliphatic heterocycles. The number of rotatable bonds is 4. The zero-order chi connectivity index (χ0) is 13.9. The molecule has 2 nitrogen and oxygen atoms in total. The van der Waals surface area contributed by atoms with E-state index < -0.39 is 12.4 Å². The average molecular weight is 306 g/mol. The minimum Gasteiger partial charge on any atom is -0.497 e. The second-order valence-electron chi connectivity index (χ2n) is 3.89. The van der Waals surface area contributed by atoms with Gasteiger partial charge in [-0.1, -0.05) is 23.7 Å². The van der Waals surface area contributed by atoms with Crippen LogP contribution in [-0.2, 0) is 0 Å². The Morgan fingerprint density at radius 3 is 1.95 bits per heavy atom. The molecule has 0 radical (unpaired) electrons. The molecule has 0 aliphatic rings. The van der Waals surface area contributed by atoms with Gasteiger partial charge in [0.15, 0.2) is 0 Å². The summed E-state index contributed by atoms with van der Waals surface area (Å²) < 4.78 is 48.7. The maximum atomic E-state index is 12.8. The maximum absolute atomic E-state index is 12.8. The van der Waals surface area contributed by atoms with Gasteiger partial charge in [-0.05, 0) is 30.3 Å². The zero-order valence-corrected chi connectivity index (χ0v) is 14.3. The summed E-state index contributed by atoms with van der Waals surface area (Å²) in [7, 11) is 1.51. The van der Waals surface area contributed by atoms with Crippen LogP contribution < -0.4 is 66.3 Å². The molecule has 2 aromatic carbocycles. The van der Waals surface area contributed by atoms with E-state index in [1.165, 1.54) is 25.3 Å². The number of hydrogen-bond acceptors (Lipinski definition) is 2. The minimum absolute atomic E-state index is 0. The molecule has 0 fully saturated rings. The molecule has 0 aliphatic carbocycles. The number of halogens is 3. The van der Waals surface area contributed by atoms with Crippen molar-refractivity contribution < 1.29 is 73.8 Å². The van der Waals surface area contributed by atoms with Crippen LogP contribution in [0.5, 0.6) is 17.2 Å². The van der Waals surface area contributed by atoms with E-state index in [0.717, 1.165) is 6.07 Å². The van der Waals surface area contributed by atoms with Crippen molar-refractivity contribution in [2.45, 2.75) is 0 Å². The molecular weight excluding hydrogens is 295 g/mol. The van der Waals surface area contributed by atoms with Gasteiger partial charge >= 0.3 is 58.4 Å². The molecule has 0 heterocycles. The third-order valence-electron chi connectivity index (χ3n) is 2.56. The quantitative estimate of drug-likeness (QED) is 0.768. The van der Waals surface area contributed by atoms with Crippen LogP contribution in [0.1, 0.15) is 0 Å². The van der Waals surface area contributed by atoms with Gasteiger partial charge in [0, 0.05) is 0 Å². The Labute approximate surface area is 157 Å². The molecule has 2 rings (SSSR count). The van der Waals surface area contributed by atoms with E-state index in [0.29, 0.717) is 11.5 Å². The van der Waals surface area contributed by atoms with Crippen molar-refractivity contribution in [1.82, 2.24) is 0 Å². The summed E-state index contributed by atoms with van der Waals surface area (Å²) in [6, 6.07) is 11.5. The molecule has 2 aromatic rings. The third kappa shape index (κ3) is 4.53. The van der Waals surface area contributed by atoms with E-state index in [4.69, 9.17) is 9.47 Å². The van der Waals surface area contributed by atoms with Crippen LogP contribution in [0.2, 0.25) is 0 Å². The number of para-hydroxylation sites is 1. The van der Waals surface area contributed by atoms with Crippen LogP contribution in [0.4, 0.5) is 12.9 Å². The van der Waals surface area contributed by atoms with Crippen LogP contribution in [0.3, 0.4) is 0 Å². The van der Waals surface area contributed by atoms with Crippen LogP contribution in [0.25, 0.3) is 0 Å². The van der Waals surface area contributed by atoms with Crippen LogP contribution in [0.15, 0.2) is 48.5 Å². The van der Waals surface area contributed by atoms with E-state index in [9.17, 15) is 12.9 Å². The Morgan fingerprint density at radius 2 is 1.40 bits per heavy atom. The van der Waals surface area contributed by atoms with E-state index in [1.807, 2.05) is 0 Å². The van der Waals surface area contributed by atoms with Crippen LogP contribution in [-0.4, -0.2) is 14.1 Å². The van der Waals surface area contributed by atoms with E-state index in [2.05, 4.69) is 0 Å². The van der Waals surface area contributed by atoms with Gasteiger partial charge in [0.05, 0.1) is 7.11 Å². The maximum Gasteiger partial charge on any atom is 1.00 e. The normalized spacial score (nSPS) is 10.6. The first-order valence-electron chi connectivity index (χ1n) is 5.61. The first kappa shape index (κ1) is 17.6. The second kappa shape index (κ2) is 7.51. The van der Waals surface area contributed by atoms with Crippen molar-refractivity contribution in [1.29, 1.82) is 0 Å². The predicted molar refractivity (Wildman–Crippen MR) is 68.2 cm³/mol. The average Bonchev–Trinajstić information content (AvgIpc) is 2.39. The van der Waals surface area contributed by atoms with Gasteiger partial charge in [0.1, 0.15) is 17.2 Å². The van der Waals surface area contributed by atoms with E-state index in [-0.39, 0.29) is 57.1 Å². The van der Waals surface area contributed by atoms with Crippen molar-refractivity contribution in [3.8, 4) is 17.2 Å². The second-order valence-corrected chi connectivity index (χ2v) is 3.89. The van der Waals surface area contributed by atoms with E-state index in [1.54, 1.807) is 24.3 Å². The summed E-state index contributed by atoms with van der Waals surface area (Å²) in [6.45, 7) is -5.10. The van der Waals surface area contributed by atoms with Crippen molar-refractivity contribution in [3.63, 3.8) is 0 Å². The largest absolute Gasteiger partial charge is 1.00 e. The first-order chi connectivity index (χ1) is 9.00. The molecule has 0 N–H and O–H groups in total. The van der Waals surface area contributed by atoms with Gasteiger partial charge in [-0.25, -0.2) is 0 Å². The molecule has 0 spiro atoms. The molecule has 0 amide bonds. The zero-order valence-electron chi connectivity index (χ0n) is 11.1. The molecule has 0 saturated heterocycles. The van der Waals surface area contributed by atoms with Crippen molar-refractivity contribution in [3.05, 3.63) is 48.5 Å². The Hall–Kier alpha value is -0.469. The Bertz CT molecular complexity index is 558. The number of methoxy groups -OCH3 is 1. The molecular formula is C13H11BF3KO2. The molecule has 0 aromatic heterocycles. The van der Waals surface area contributed by atoms with Gasteiger partial charge in [0.25, 0.3) is 0 Å². The summed E-state index contributed by atoms with van der Waals surface area (Å²) in [6.07, 6.45) is 0. The van der Waals surface area contributed by atoms with Crippen molar-refractivity contribution >= 4 is 12.4 Å². The van der Waals surface area contributed by atoms with E-state index >= 15 is 0 Å². The minimum atomic E-state index is -5.10. The Balaban J connectivity index is 0.00000200. The fourth-order valence-electron chi connectivity index (χ4n) is 1.61. The van der Waals surface area contributed by atoms with Crippen molar-refractivity contribution in [2.75, 3.05) is 7.11 Å². The molecule has 20 heavy (non-hydrogen) atoms. The van der Waals surface area contributed by atoms with Gasteiger partial charge in [-0.15, -0.1) is 0 Å². The SMILES string of the molecule is COc1ccc(Oc2ccccc2[B-](F)(F)F)cc1.[K+]. The molecule has 100 valence electrons. The fourth-order valence-corrected chi connectivity index (χ4v) is 1.61. The smallest absolute Gasteiger partial charge is 0.497 e. The summed E-state index contributed by atoms with van der Waals surface area (Å²) in [5.74, 6) is 0.745. The summed E-state index contributed by atoms with van der Waals surface area (Å²) in [5, 5.41) is 0. The van der Waals surface area contributed by atoms with Crippen molar-refractivity contribution in [2.24, 2.45) is 0 Å². The number of ether oxygens (including phenoxy) is 2. The summed E-state index contributed by atoms with van der Waals surface area (Å²) >= 11 is 0. The molecule has 0 saturated carbocycles. The molecule has 0 atom stereocenters. The van der Waals surface area contributed by atoms with Crippen LogP contribution in [0, 0.1) is 0 Å². The van der Waals surface area contributed by atoms with Gasteiger partial charge < -0.3 is 22.4 Å². The third-order valence-corrected chi connectivity index (χ3v) is 2.56. The molecule has 7 heteroatoms. The standard InChI is InChI=1S/C13H11BF3O2.K/c1-18-10-6-8-11(9-7-10)19-13-5-3-2-4-12(13)14(15,16)17;/h2-9H,1H3;/q-1;+1.